The van der Waals surface area contributed by atoms with Crippen LogP contribution in [-0.2, 0) is 11.3 Å². The van der Waals surface area contributed by atoms with Crippen LogP contribution >= 0.6 is 15.9 Å². The molecule has 1 atom stereocenters. The van der Waals surface area contributed by atoms with Crippen molar-refractivity contribution in [3.63, 3.8) is 0 Å². The Balaban J connectivity index is 2.88. The first-order valence-corrected chi connectivity index (χ1v) is 7.19. The highest BCUT2D eigenvalue weighted by Gasteiger charge is 2.11. The van der Waals surface area contributed by atoms with E-state index in [1.807, 2.05) is 26.0 Å². The van der Waals surface area contributed by atoms with Crippen molar-refractivity contribution in [2.45, 2.75) is 0 Å². The van der Waals surface area contributed by atoms with Crippen LogP contribution in [0.4, 0.5) is 11.5 Å². The third-order valence-corrected chi connectivity index (χ3v) is 3.10. The molecule has 0 amide bonds. The summed E-state index contributed by atoms with van der Waals surface area (Å²) in [6, 6.07) is 1.72. The molecule has 1 unspecified atom stereocenters. The lowest BCUT2D eigenvalue weighted by Crippen LogP contribution is -2.29. The number of nitrogens with zero attached hydrogens (tertiary/aromatic N) is 3. The van der Waals surface area contributed by atoms with Crippen LogP contribution in [0.25, 0.3) is 0 Å². The van der Waals surface area contributed by atoms with Gasteiger partial charge in [0.15, 0.2) is 5.82 Å². The minimum atomic E-state index is -2.11. The predicted molar refractivity (Wildman–Crippen MR) is 78.2 cm³/mol. The maximum absolute atomic E-state index is 10.9. The van der Waals surface area contributed by atoms with E-state index in [1.54, 1.807) is 12.3 Å². The number of nitrogens with one attached hydrogen (secondary N) is 1. The number of rotatable bonds is 6. The molecule has 1 aromatic heterocycles. The van der Waals surface area contributed by atoms with Crippen LogP contribution in [0.3, 0.4) is 0 Å². The van der Waals surface area contributed by atoms with E-state index in [4.69, 9.17) is 4.55 Å². The molecule has 0 aliphatic heterocycles. The number of anilines is 2. The van der Waals surface area contributed by atoms with Crippen molar-refractivity contribution < 1.29 is 8.76 Å². The van der Waals surface area contributed by atoms with Crippen LogP contribution in [0, 0.1) is 0 Å². The number of halogens is 1. The maximum atomic E-state index is 10.9. The fraction of sp³-hybridized carbons (Fsp3) is 0.500. The highest BCUT2D eigenvalue weighted by Crippen LogP contribution is 2.25. The van der Waals surface area contributed by atoms with Gasteiger partial charge in [0.2, 0.25) is 0 Å². The molecule has 1 heterocycles. The van der Waals surface area contributed by atoms with Crippen molar-refractivity contribution in [3.05, 3.63) is 16.7 Å². The summed E-state index contributed by atoms with van der Waals surface area (Å²) in [5.74, 6) is 0.641. The quantitative estimate of drug-likeness (QED) is 0.768. The summed E-state index contributed by atoms with van der Waals surface area (Å²) in [4.78, 5) is 8.26. The van der Waals surface area contributed by atoms with E-state index in [-0.39, 0.29) is 0 Å². The van der Waals surface area contributed by atoms with Crippen LogP contribution in [-0.4, -0.2) is 52.9 Å². The Kier molecular flexibility index (Phi) is 6.00. The normalized spacial score (nSPS) is 12.6. The Morgan fingerprint density at radius 1 is 1.44 bits per heavy atom. The summed E-state index contributed by atoms with van der Waals surface area (Å²) in [5, 5.41) is 0. The van der Waals surface area contributed by atoms with Gasteiger partial charge in [0, 0.05) is 30.8 Å². The van der Waals surface area contributed by atoms with Gasteiger partial charge in [-0.3, -0.25) is 9.27 Å². The molecule has 1 rings (SSSR count). The molecule has 102 valence electrons. The molecule has 0 spiro atoms. The number of hydrogen-bond donors (Lipinski definition) is 2. The average Bonchev–Trinajstić information content (AvgIpc) is 2.25. The van der Waals surface area contributed by atoms with Crippen molar-refractivity contribution in [1.82, 2.24) is 9.88 Å². The Bertz CT molecular complexity index is 430. The third-order valence-electron chi connectivity index (χ3n) is 2.27. The second-order valence-corrected chi connectivity index (χ2v) is 5.72. The number of pyridine rings is 1. The largest absolute Gasteiger partial charge is 0.357 e. The lowest BCUT2D eigenvalue weighted by molar-refractivity contribution is 0.416. The van der Waals surface area contributed by atoms with Gasteiger partial charge in [-0.15, -0.1) is 0 Å². The molecule has 0 saturated carbocycles. The molecule has 0 bridgehead atoms. The zero-order valence-corrected chi connectivity index (χ0v) is 13.0. The SMILES string of the molecule is CN(C)CCN(C)c1ncc(Br)cc1NS(=O)O. The van der Waals surface area contributed by atoms with E-state index in [1.165, 1.54) is 0 Å². The molecule has 0 aliphatic rings. The van der Waals surface area contributed by atoms with E-state index in [0.717, 1.165) is 17.6 Å². The van der Waals surface area contributed by atoms with E-state index >= 15 is 0 Å². The van der Waals surface area contributed by atoms with Crippen LogP contribution in [0.1, 0.15) is 0 Å². The molecule has 0 radical (unpaired) electrons. The van der Waals surface area contributed by atoms with Gasteiger partial charge in [0.25, 0.3) is 11.3 Å². The summed E-state index contributed by atoms with van der Waals surface area (Å²) >= 11 is 1.18. The topological polar surface area (TPSA) is 68.7 Å². The molecule has 0 aromatic carbocycles. The monoisotopic (exact) mass is 336 g/mol. The van der Waals surface area contributed by atoms with Gasteiger partial charge >= 0.3 is 0 Å². The van der Waals surface area contributed by atoms with Crippen molar-refractivity contribution in [2.24, 2.45) is 0 Å². The van der Waals surface area contributed by atoms with Crippen LogP contribution < -0.4 is 9.62 Å². The summed E-state index contributed by atoms with van der Waals surface area (Å²) in [5.41, 5.74) is 0.520. The molecular weight excluding hydrogens is 320 g/mol. The minimum Gasteiger partial charge on any atom is -0.357 e. The Morgan fingerprint density at radius 3 is 2.67 bits per heavy atom. The molecule has 0 fully saturated rings. The number of aromatic nitrogens is 1. The van der Waals surface area contributed by atoms with Crippen LogP contribution in [0.5, 0.6) is 0 Å². The smallest absolute Gasteiger partial charge is 0.259 e. The zero-order chi connectivity index (χ0) is 13.7. The summed E-state index contributed by atoms with van der Waals surface area (Å²) in [6.07, 6.45) is 1.66. The Hall–Kier alpha value is -0.700. The van der Waals surface area contributed by atoms with E-state index in [9.17, 15) is 4.21 Å². The molecule has 1 aromatic rings. The average molecular weight is 337 g/mol. The highest BCUT2D eigenvalue weighted by atomic mass is 79.9. The summed E-state index contributed by atoms with van der Waals surface area (Å²) in [7, 11) is 5.88. The van der Waals surface area contributed by atoms with Gasteiger partial charge in [-0.1, -0.05) is 0 Å². The minimum absolute atomic E-state index is 0.520. The van der Waals surface area contributed by atoms with Crippen LogP contribution in [0.15, 0.2) is 16.7 Å². The zero-order valence-electron chi connectivity index (χ0n) is 10.6. The lowest BCUT2D eigenvalue weighted by atomic mass is 10.3. The van der Waals surface area contributed by atoms with Crippen molar-refractivity contribution in [2.75, 3.05) is 43.9 Å². The molecule has 0 aliphatic carbocycles. The van der Waals surface area contributed by atoms with Gasteiger partial charge < -0.3 is 9.80 Å². The maximum Gasteiger partial charge on any atom is 0.259 e. The van der Waals surface area contributed by atoms with E-state index in [0.29, 0.717) is 11.5 Å². The van der Waals surface area contributed by atoms with Gasteiger partial charge in [0.05, 0.1) is 5.69 Å². The number of hydrogen-bond acceptors (Lipinski definition) is 4. The van der Waals surface area contributed by atoms with Gasteiger partial charge in [0.1, 0.15) is 0 Å². The first-order valence-electron chi connectivity index (χ1n) is 5.29. The predicted octanol–water partition coefficient (Wildman–Crippen LogP) is 1.39. The van der Waals surface area contributed by atoms with Crippen LogP contribution in [0.2, 0.25) is 0 Å². The van der Waals surface area contributed by atoms with Gasteiger partial charge in [-0.25, -0.2) is 9.19 Å². The van der Waals surface area contributed by atoms with Crippen molar-refractivity contribution in [1.29, 1.82) is 0 Å². The highest BCUT2D eigenvalue weighted by molar-refractivity contribution is 9.10. The Labute approximate surface area is 118 Å². The fourth-order valence-electron chi connectivity index (χ4n) is 1.36. The first kappa shape index (κ1) is 15.4. The first-order chi connectivity index (χ1) is 8.40. The lowest BCUT2D eigenvalue weighted by Gasteiger charge is -2.22. The Morgan fingerprint density at radius 2 is 2.11 bits per heavy atom. The van der Waals surface area contributed by atoms with Crippen molar-refractivity contribution >= 4 is 38.7 Å². The number of likely N-dealkylation sites (N-methyl/N-ethyl adjacent to an activating group) is 2. The van der Waals surface area contributed by atoms with E-state index < -0.39 is 11.3 Å². The second-order valence-electron chi connectivity index (χ2n) is 4.10. The van der Waals surface area contributed by atoms with Gasteiger partial charge in [-0.05, 0) is 36.1 Å². The summed E-state index contributed by atoms with van der Waals surface area (Å²) in [6.45, 7) is 1.64. The molecule has 0 saturated heterocycles. The molecule has 6 nitrogen and oxygen atoms in total. The van der Waals surface area contributed by atoms with E-state index in [2.05, 4.69) is 30.5 Å². The third kappa shape index (κ3) is 4.89. The standard InChI is InChI=1S/C10H17BrN4O2S/c1-14(2)4-5-15(3)10-9(13-18(16)17)6-8(11)7-12-10/h6-7,13H,4-5H2,1-3H3,(H,16,17). The molecule has 2 N–H and O–H groups in total. The molecule has 8 heteroatoms. The fourth-order valence-corrected chi connectivity index (χ4v) is 2.03. The van der Waals surface area contributed by atoms with Gasteiger partial charge in [-0.2, -0.15) is 0 Å². The molecule has 18 heavy (non-hydrogen) atoms. The second kappa shape index (κ2) is 7.03. The van der Waals surface area contributed by atoms with Crippen molar-refractivity contribution in [3.8, 4) is 0 Å². The molecular formula is C10H17BrN4O2S. The summed E-state index contributed by atoms with van der Waals surface area (Å²) < 4.78 is 23.0.